The number of nitrogens with zero attached hydrogens (tertiary/aromatic N) is 5. The number of rotatable bonds is 7. The molecule has 0 unspecified atom stereocenters. The molecule has 0 bridgehead atoms. The number of ether oxygens (including phenoxy) is 1. The summed E-state index contributed by atoms with van der Waals surface area (Å²) in [5, 5.41) is 17.9. The van der Waals surface area contributed by atoms with Gasteiger partial charge in [0.05, 0.1) is 30.7 Å². The zero-order chi connectivity index (χ0) is 20.9. The van der Waals surface area contributed by atoms with E-state index < -0.39 is 0 Å². The Morgan fingerprint density at radius 1 is 1.30 bits per heavy atom. The van der Waals surface area contributed by atoms with E-state index >= 15 is 0 Å². The molecular weight excluding hydrogens is 387 g/mol. The van der Waals surface area contributed by atoms with Gasteiger partial charge in [-0.05, 0) is 18.2 Å². The first-order valence-electron chi connectivity index (χ1n) is 9.60. The predicted molar refractivity (Wildman–Crippen MR) is 115 cm³/mol. The highest BCUT2D eigenvalue weighted by Gasteiger charge is 2.14. The van der Waals surface area contributed by atoms with Crippen molar-refractivity contribution >= 4 is 29.4 Å². The van der Waals surface area contributed by atoms with Crippen molar-refractivity contribution in [3.63, 3.8) is 0 Å². The minimum Gasteiger partial charge on any atom is -0.378 e. The first-order chi connectivity index (χ1) is 14.6. The van der Waals surface area contributed by atoms with Crippen molar-refractivity contribution in [3.05, 3.63) is 53.7 Å². The molecule has 2 aromatic heterocycles. The van der Waals surface area contributed by atoms with Crippen LogP contribution in [0.2, 0.25) is 0 Å². The monoisotopic (exact) mass is 412 g/mol. The average Bonchev–Trinajstić information content (AvgIpc) is 3.18. The normalized spacial score (nSPS) is 13.9. The summed E-state index contributed by atoms with van der Waals surface area (Å²) >= 11 is 0. The Bertz CT molecular complexity index is 1040. The van der Waals surface area contributed by atoms with Gasteiger partial charge in [-0.25, -0.2) is 9.37 Å². The second kappa shape index (κ2) is 8.87. The van der Waals surface area contributed by atoms with Crippen molar-refractivity contribution in [2.75, 3.05) is 41.8 Å². The number of aromatic nitrogens is 4. The quantitative estimate of drug-likeness (QED) is 0.513. The SMILES string of the molecule is Cn1cc(Nc2ncc(C=N)c(NCc3cc(N4CCOCC4)ccc3F)n2)cn1.[HH]. The van der Waals surface area contributed by atoms with E-state index in [0.29, 0.717) is 36.1 Å². The van der Waals surface area contributed by atoms with Crippen molar-refractivity contribution in [3.8, 4) is 0 Å². The third kappa shape index (κ3) is 4.54. The molecule has 0 spiro atoms. The lowest BCUT2D eigenvalue weighted by Gasteiger charge is -2.29. The third-order valence-electron chi connectivity index (χ3n) is 4.79. The average molecular weight is 412 g/mol. The van der Waals surface area contributed by atoms with E-state index in [1.54, 1.807) is 29.3 Å². The maximum Gasteiger partial charge on any atom is 0.229 e. The smallest absolute Gasteiger partial charge is 0.229 e. The first-order valence-corrected chi connectivity index (χ1v) is 9.60. The highest BCUT2D eigenvalue weighted by Crippen LogP contribution is 2.22. The van der Waals surface area contributed by atoms with Gasteiger partial charge in [0.15, 0.2) is 0 Å². The lowest BCUT2D eigenvalue weighted by atomic mass is 10.1. The summed E-state index contributed by atoms with van der Waals surface area (Å²) in [6.45, 7) is 3.13. The summed E-state index contributed by atoms with van der Waals surface area (Å²) in [5.41, 5.74) is 2.74. The van der Waals surface area contributed by atoms with Gasteiger partial charge < -0.3 is 25.7 Å². The van der Waals surface area contributed by atoms with Gasteiger partial charge in [0.25, 0.3) is 0 Å². The molecule has 30 heavy (non-hydrogen) atoms. The van der Waals surface area contributed by atoms with Gasteiger partial charge in [0.1, 0.15) is 11.6 Å². The molecule has 0 radical (unpaired) electrons. The zero-order valence-corrected chi connectivity index (χ0v) is 16.6. The van der Waals surface area contributed by atoms with Crippen LogP contribution in [0.15, 0.2) is 36.8 Å². The molecule has 0 atom stereocenters. The molecule has 1 saturated heterocycles. The molecule has 1 aromatic carbocycles. The van der Waals surface area contributed by atoms with Crippen LogP contribution < -0.4 is 15.5 Å². The maximum atomic E-state index is 14.4. The number of benzene rings is 1. The van der Waals surface area contributed by atoms with Crippen LogP contribution in [-0.2, 0) is 18.3 Å². The number of anilines is 4. The van der Waals surface area contributed by atoms with Gasteiger partial charge in [0.2, 0.25) is 5.95 Å². The Hall–Kier alpha value is -3.53. The molecule has 3 heterocycles. The topological polar surface area (TPSA) is 104 Å². The molecule has 0 saturated carbocycles. The lowest BCUT2D eigenvalue weighted by Crippen LogP contribution is -2.36. The number of morpholine rings is 1. The molecule has 3 aromatic rings. The summed E-state index contributed by atoms with van der Waals surface area (Å²) in [4.78, 5) is 10.8. The fourth-order valence-electron chi connectivity index (χ4n) is 3.21. The van der Waals surface area contributed by atoms with Crippen LogP contribution in [0, 0.1) is 11.2 Å². The molecule has 0 amide bonds. The van der Waals surface area contributed by atoms with E-state index in [2.05, 4.69) is 30.6 Å². The molecule has 1 aliphatic heterocycles. The van der Waals surface area contributed by atoms with Crippen molar-refractivity contribution in [2.24, 2.45) is 7.05 Å². The molecule has 1 fully saturated rings. The van der Waals surface area contributed by atoms with E-state index in [1.165, 1.54) is 6.07 Å². The highest BCUT2D eigenvalue weighted by molar-refractivity contribution is 5.84. The molecular formula is C20H25FN8O. The van der Waals surface area contributed by atoms with Crippen molar-refractivity contribution in [1.82, 2.24) is 19.7 Å². The molecule has 3 N–H and O–H groups in total. The first kappa shape index (κ1) is 19.8. The van der Waals surface area contributed by atoms with Crippen molar-refractivity contribution in [1.29, 1.82) is 5.41 Å². The minimum atomic E-state index is -0.293. The summed E-state index contributed by atoms with van der Waals surface area (Å²) in [7, 11) is 1.82. The van der Waals surface area contributed by atoms with Gasteiger partial charge >= 0.3 is 0 Å². The Kier molecular flexibility index (Phi) is 5.84. The molecule has 9 nitrogen and oxygen atoms in total. The number of aryl methyl sites for hydroxylation is 1. The summed E-state index contributed by atoms with van der Waals surface area (Å²) in [6, 6.07) is 5.11. The Morgan fingerprint density at radius 3 is 2.87 bits per heavy atom. The van der Waals surface area contributed by atoms with Crippen LogP contribution in [-0.4, -0.2) is 52.3 Å². The largest absolute Gasteiger partial charge is 0.378 e. The molecule has 4 rings (SSSR count). The standard InChI is InChI=1S/C20H23FN8O.H2/c1-28-13-16(12-25-28)26-20-24-11-15(9-22)19(27-20)23-10-14-8-17(2-3-18(14)21)29-4-6-30-7-5-29;/h2-3,8-9,11-13,22H,4-7,10H2,1H3,(H2,23,24,26,27);1H. The molecule has 158 valence electrons. The van der Waals surface area contributed by atoms with Crippen LogP contribution in [0.25, 0.3) is 0 Å². The second-order valence-corrected chi connectivity index (χ2v) is 6.90. The summed E-state index contributed by atoms with van der Waals surface area (Å²) < 4.78 is 21.5. The van der Waals surface area contributed by atoms with Crippen LogP contribution >= 0.6 is 0 Å². The van der Waals surface area contributed by atoms with Gasteiger partial charge in [0, 0.05) is 58.0 Å². The number of halogens is 1. The number of hydrogen-bond donors (Lipinski definition) is 3. The van der Waals surface area contributed by atoms with Crippen molar-refractivity contribution in [2.45, 2.75) is 6.54 Å². The van der Waals surface area contributed by atoms with Crippen LogP contribution in [0.1, 0.15) is 12.6 Å². The van der Waals surface area contributed by atoms with Crippen LogP contribution in [0.5, 0.6) is 0 Å². The van der Waals surface area contributed by atoms with Gasteiger partial charge in [-0.3, -0.25) is 4.68 Å². The lowest BCUT2D eigenvalue weighted by molar-refractivity contribution is 0.122. The Labute approximate surface area is 174 Å². The highest BCUT2D eigenvalue weighted by atomic mass is 19.1. The number of nitrogens with one attached hydrogen (secondary N) is 3. The van der Waals surface area contributed by atoms with Crippen LogP contribution in [0.4, 0.5) is 27.5 Å². The van der Waals surface area contributed by atoms with Crippen molar-refractivity contribution < 1.29 is 10.6 Å². The predicted octanol–water partition coefficient (Wildman–Crippen LogP) is 2.79. The third-order valence-corrected chi connectivity index (χ3v) is 4.79. The zero-order valence-electron chi connectivity index (χ0n) is 16.6. The Morgan fingerprint density at radius 2 is 2.13 bits per heavy atom. The van der Waals surface area contributed by atoms with Gasteiger partial charge in [-0.2, -0.15) is 10.1 Å². The fraction of sp³-hybridized carbons (Fsp3) is 0.300. The van der Waals surface area contributed by atoms with E-state index in [1.807, 2.05) is 13.1 Å². The summed E-state index contributed by atoms with van der Waals surface area (Å²) in [6.07, 6.45) is 6.17. The minimum absolute atomic E-state index is 0. The van der Waals surface area contributed by atoms with Gasteiger partial charge in [-0.1, -0.05) is 0 Å². The summed E-state index contributed by atoms with van der Waals surface area (Å²) in [5.74, 6) is 0.514. The van der Waals surface area contributed by atoms with Crippen LogP contribution in [0.3, 0.4) is 0 Å². The van der Waals surface area contributed by atoms with E-state index in [9.17, 15) is 4.39 Å². The molecule has 10 heteroatoms. The molecule has 0 aliphatic carbocycles. The Balaban J connectivity index is 0.00000272. The second-order valence-electron chi connectivity index (χ2n) is 6.90. The maximum absolute atomic E-state index is 14.4. The molecule has 1 aliphatic rings. The van der Waals surface area contributed by atoms with Gasteiger partial charge in [-0.15, -0.1) is 0 Å². The number of hydrogen-bond acceptors (Lipinski definition) is 8. The van der Waals surface area contributed by atoms with E-state index in [0.717, 1.165) is 30.7 Å². The fourth-order valence-corrected chi connectivity index (χ4v) is 3.21. The van der Waals surface area contributed by atoms with E-state index in [4.69, 9.17) is 10.1 Å². The van der Waals surface area contributed by atoms with E-state index in [-0.39, 0.29) is 13.8 Å².